The Hall–Kier alpha value is -1.40. The van der Waals surface area contributed by atoms with E-state index in [1.165, 1.54) is 24.4 Å². The Morgan fingerprint density at radius 2 is 2.50 bits per heavy atom. The monoisotopic (exact) mass is 265 g/mol. The minimum Gasteiger partial charge on any atom is -0.467 e. The lowest BCUT2D eigenvalue weighted by atomic mass is 10.2. The number of ether oxygens (including phenoxy) is 1. The predicted octanol–water partition coefficient (Wildman–Crippen LogP) is 2.81. The van der Waals surface area contributed by atoms with E-state index in [2.05, 4.69) is 14.7 Å². The summed E-state index contributed by atoms with van der Waals surface area (Å²) in [5.41, 5.74) is 0. The van der Waals surface area contributed by atoms with Crippen molar-refractivity contribution in [2.75, 3.05) is 19.0 Å². The van der Waals surface area contributed by atoms with Gasteiger partial charge in [-0.3, -0.25) is 0 Å². The van der Waals surface area contributed by atoms with Crippen LogP contribution in [0.2, 0.25) is 0 Å². The molecule has 1 fully saturated rings. The second-order valence-electron chi connectivity index (χ2n) is 4.40. The first-order valence-electron chi connectivity index (χ1n) is 5.99. The summed E-state index contributed by atoms with van der Waals surface area (Å²) in [4.78, 5) is 4.50. The van der Waals surface area contributed by atoms with Crippen molar-refractivity contribution in [2.24, 2.45) is 0 Å². The molecule has 1 atom stereocenters. The van der Waals surface area contributed by atoms with Crippen LogP contribution in [-0.4, -0.2) is 23.1 Å². The van der Waals surface area contributed by atoms with Crippen molar-refractivity contribution in [3.63, 3.8) is 0 Å². The van der Waals surface area contributed by atoms with Gasteiger partial charge >= 0.3 is 0 Å². The van der Waals surface area contributed by atoms with Crippen molar-refractivity contribution in [3.05, 3.63) is 30.0 Å². The molecule has 0 spiro atoms. The molecule has 6 heteroatoms. The van der Waals surface area contributed by atoms with E-state index in [-0.39, 0.29) is 6.04 Å². The molecule has 1 unspecified atom stereocenters. The highest BCUT2D eigenvalue weighted by molar-refractivity contribution is 7.09. The third kappa shape index (κ3) is 2.54. The summed E-state index contributed by atoms with van der Waals surface area (Å²) in [5.74, 6) is 2.40. The van der Waals surface area contributed by atoms with Gasteiger partial charge in [0.05, 0.1) is 12.9 Å². The average Bonchev–Trinajstić information content (AvgIpc) is 2.92. The van der Waals surface area contributed by atoms with Gasteiger partial charge in [0.1, 0.15) is 17.6 Å². The first-order valence-corrected chi connectivity index (χ1v) is 6.76. The molecule has 0 saturated heterocycles. The molecule has 18 heavy (non-hydrogen) atoms. The van der Waals surface area contributed by atoms with Gasteiger partial charge < -0.3 is 14.5 Å². The molecule has 5 nitrogen and oxygen atoms in total. The number of rotatable bonds is 6. The molecule has 1 saturated carbocycles. The van der Waals surface area contributed by atoms with E-state index < -0.39 is 0 Å². The Morgan fingerprint density at radius 3 is 3.17 bits per heavy atom. The molecule has 1 N–H and O–H groups in total. The molecule has 2 aromatic rings. The molecule has 1 aliphatic carbocycles. The minimum absolute atomic E-state index is 0.0231. The smallest absolute Gasteiger partial charge is 0.203 e. The number of methoxy groups -OCH3 is 1. The van der Waals surface area contributed by atoms with Gasteiger partial charge in [0.25, 0.3) is 0 Å². The Bertz CT molecular complexity index is 493. The summed E-state index contributed by atoms with van der Waals surface area (Å²) in [6.07, 6.45) is 4.10. The van der Waals surface area contributed by atoms with Crippen molar-refractivity contribution in [1.29, 1.82) is 0 Å². The molecule has 0 aliphatic heterocycles. The molecule has 3 rings (SSSR count). The summed E-state index contributed by atoms with van der Waals surface area (Å²) in [5, 5.41) is 4.14. The number of aromatic nitrogens is 2. The highest BCUT2D eigenvalue weighted by Gasteiger charge is 2.28. The van der Waals surface area contributed by atoms with Gasteiger partial charge in [-0.25, -0.2) is 4.98 Å². The van der Waals surface area contributed by atoms with E-state index >= 15 is 0 Å². The summed E-state index contributed by atoms with van der Waals surface area (Å²) >= 11 is 1.40. The molecule has 0 bridgehead atoms. The lowest BCUT2D eigenvalue weighted by molar-refractivity contribution is 0.179. The SMILES string of the molecule is COCC(Nc1nc(C2CC2)ns1)c1ccco1. The van der Waals surface area contributed by atoms with Crippen molar-refractivity contribution in [2.45, 2.75) is 24.8 Å². The third-order valence-corrected chi connectivity index (χ3v) is 3.56. The van der Waals surface area contributed by atoms with Crippen molar-refractivity contribution < 1.29 is 9.15 Å². The van der Waals surface area contributed by atoms with Crippen molar-refractivity contribution in [3.8, 4) is 0 Å². The summed E-state index contributed by atoms with van der Waals surface area (Å²) in [6, 6.07) is 3.78. The van der Waals surface area contributed by atoms with Gasteiger partial charge in [0.2, 0.25) is 5.13 Å². The molecule has 1 aliphatic rings. The van der Waals surface area contributed by atoms with Crippen LogP contribution >= 0.6 is 11.5 Å². The topological polar surface area (TPSA) is 60.2 Å². The molecule has 96 valence electrons. The molecule has 0 radical (unpaired) electrons. The van der Waals surface area contributed by atoms with Gasteiger partial charge in [-0.05, 0) is 25.0 Å². The van der Waals surface area contributed by atoms with Crippen LogP contribution in [0.25, 0.3) is 0 Å². The number of furan rings is 1. The normalized spacial score (nSPS) is 16.7. The van der Waals surface area contributed by atoms with Crippen LogP contribution in [0.15, 0.2) is 22.8 Å². The van der Waals surface area contributed by atoms with Gasteiger partial charge in [0, 0.05) is 24.6 Å². The van der Waals surface area contributed by atoms with Crippen LogP contribution in [0.3, 0.4) is 0 Å². The Kier molecular flexibility index (Phi) is 3.29. The van der Waals surface area contributed by atoms with E-state index in [1.54, 1.807) is 13.4 Å². The van der Waals surface area contributed by atoms with Crippen LogP contribution in [-0.2, 0) is 4.74 Å². The third-order valence-electron chi connectivity index (χ3n) is 2.90. The standard InChI is InChI=1S/C12H15N3O2S/c1-16-7-9(10-3-2-6-17-10)13-12-14-11(15-18-12)8-4-5-8/h2-3,6,8-9H,4-5,7H2,1H3,(H,13,14,15). The van der Waals surface area contributed by atoms with Crippen molar-refractivity contribution >= 4 is 16.7 Å². The van der Waals surface area contributed by atoms with Gasteiger partial charge in [-0.1, -0.05) is 0 Å². The zero-order chi connectivity index (χ0) is 12.4. The lowest BCUT2D eigenvalue weighted by Crippen LogP contribution is -2.15. The fraction of sp³-hybridized carbons (Fsp3) is 0.500. The quantitative estimate of drug-likeness (QED) is 0.870. The predicted molar refractivity (Wildman–Crippen MR) is 68.8 cm³/mol. The molecule has 2 aromatic heterocycles. The Balaban J connectivity index is 1.70. The van der Waals surface area contributed by atoms with Crippen LogP contribution < -0.4 is 5.32 Å². The van der Waals surface area contributed by atoms with Gasteiger partial charge in [-0.2, -0.15) is 4.37 Å². The maximum absolute atomic E-state index is 5.40. The van der Waals surface area contributed by atoms with E-state index in [0.717, 1.165) is 16.7 Å². The number of hydrogen-bond donors (Lipinski definition) is 1. The Labute approximate surface area is 109 Å². The largest absolute Gasteiger partial charge is 0.467 e. The maximum atomic E-state index is 5.40. The highest BCUT2D eigenvalue weighted by Crippen LogP contribution is 2.39. The van der Waals surface area contributed by atoms with Crippen molar-refractivity contribution in [1.82, 2.24) is 9.36 Å². The highest BCUT2D eigenvalue weighted by atomic mass is 32.1. The van der Waals surface area contributed by atoms with Gasteiger partial charge in [0.15, 0.2) is 0 Å². The van der Waals surface area contributed by atoms with E-state index in [9.17, 15) is 0 Å². The van der Waals surface area contributed by atoms with E-state index in [4.69, 9.17) is 9.15 Å². The summed E-state index contributed by atoms with van der Waals surface area (Å²) < 4.78 is 15.0. The van der Waals surface area contributed by atoms with Crippen LogP contribution in [0.1, 0.15) is 36.4 Å². The molecular weight excluding hydrogens is 250 g/mol. The Morgan fingerprint density at radius 1 is 1.61 bits per heavy atom. The fourth-order valence-corrected chi connectivity index (χ4v) is 2.50. The molecule has 0 amide bonds. The van der Waals surface area contributed by atoms with Gasteiger partial charge in [-0.15, -0.1) is 0 Å². The average molecular weight is 265 g/mol. The zero-order valence-electron chi connectivity index (χ0n) is 10.1. The second kappa shape index (κ2) is 5.07. The minimum atomic E-state index is -0.0231. The fourth-order valence-electron chi connectivity index (χ4n) is 1.80. The zero-order valence-corrected chi connectivity index (χ0v) is 10.9. The van der Waals surface area contributed by atoms with Crippen LogP contribution in [0, 0.1) is 0 Å². The first-order chi connectivity index (χ1) is 8.86. The second-order valence-corrected chi connectivity index (χ2v) is 5.15. The molecule has 2 heterocycles. The molecular formula is C12H15N3O2S. The number of nitrogens with zero attached hydrogens (tertiary/aromatic N) is 2. The van der Waals surface area contributed by atoms with E-state index in [0.29, 0.717) is 12.5 Å². The number of hydrogen-bond acceptors (Lipinski definition) is 6. The molecule has 0 aromatic carbocycles. The van der Waals surface area contributed by atoms with E-state index in [1.807, 2.05) is 12.1 Å². The van der Waals surface area contributed by atoms with Crippen LogP contribution in [0.5, 0.6) is 0 Å². The van der Waals surface area contributed by atoms with Crippen LogP contribution in [0.4, 0.5) is 5.13 Å². The first kappa shape index (κ1) is 11.7. The summed E-state index contributed by atoms with van der Waals surface area (Å²) in [7, 11) is 1.67. The maximum Gasteiger partial charge on any atom is 0.203 e. The number of anilines is 1. The lowest BCUT2D eigenvalue weighted by Gasteiger charge is -2.14. The number of nitrogens with one attached hydrogen (secondary N) is 1. The summed E-state index contributed by atoms with van der Waals surface area (Å²) in [6.45, 7) is 0.534.